The zero-order valence-electron chi connectivity index (χ0n) is 61.1. The Morgan fingerprint density at radius 2 is 0.653 bits per heavy atom. The Balaban J connectivity index is 0.000000141. The molecule has 0 N–H and O–H groups in total. The Morgan fingerprint density at radius 1 is 0.316 bits per heavy atom. The van der Waals surface area contributed by atoms with Crippen LogP contribution in [0.1, 0.15) is 123 Å². The van der Waals surface area contributed by atoms with Gasteiger partial charge in [-0.25, -0.2) is 13.7 Å². The monoisotopic (exact) mass is 1290 g/mol. The Hall–Kier alpha value is -10.6. The number of hydrogen-bond donors (Lipinski definition) is 0. The van der Waals surface area contributed by atoms with Crippen LogP contribution in [0.15, 0.2) is 199 Å². The van der Waals surface area contributed by atoms with Crippen LogP contribution >= 0.6 is 0 Å². The molecule has 0 aliphatic carbocycles. The summed E-state index contributed by atoms with van der Waals surface area (Å²) in [5.41, 5.74) is 30.7. The molecule has 494 valence electrons. The number of fused-ring (bicyclic) bond motifs is 3. The molecule has 0 aliphatic heterocycles. The van der Waals surface area contributed by atoms with E-state index in [1.807, 2.05) is 12.1 Å². The van der Waals surface area contributed by atoms with Gasteiger partial charge in [0.25, 0.3) is 17.5 Å². The van der Waals surface area contributed by atoms with Gasteiger partial charge in [0.1, 0.15) is 28.2 Å². The van der Waals surface area contributed by atoms with E-state index in [1.165, 1.54) is 94.7 Å². The molecule has 0 atom stereocenters. The van der Waals surface area contributed by atoms with Crippen molar-refractivity contribution in [1.82, 2.24) is 29.3 Å². The van der Waals surface area contributed by atoms with Crippen molar-refractivity contribution in [2.75, 3.05) is 0 Å². The Morgan fingerprint density at radius 3 is 1.05 bits per heavy atom. The summed E-state index contributed by atoms with van der Waals surface area (Å²) in [7, 11) is 6.37. The molecule has 0 unspecified atom stereocenters. The van der Waals surface area contributed by atoms with Gasteiger partial charge in [0.15, 0.2) is 0 Å². The third-order valence-electron chi connectivity index (χ3n) is 19.1. The van der Waals surface area contributed by atoms with Crippen molar-refractivity contribution < 1.29 is 18.1 Å². The number of aryl methyl sites for hydroxylation is 13. The summed E-state index contributed by atoms with van der Waals surface area (Å²) >= 11 is 0. The van der Waals surface area contributed by atoms with Crippen LogP contribution < -0.4 is 13.7 Å². The fourth-order valence-electron chi connectivity index (χ4n) is 14.6. The second kappa shape index (κ2) is 27.5. The van der Waals surface area contributed by atoms with Crippen LogP contribution in [-0.4, -0.2) is 29.3 Å². The number of para-hydroxylation sites is 4. The Labute approximate surface area is 579 Å². The van der Waals surface area contributed by atoms with Crippen LogP contribution in [0.25, 0.3) is 107 Å². The van der Waals surface area contributed by atoms with Gasteiger partial charge in [-0.05, 0) is 207 Å². The van der Waals surface area contributed by atoms with Crippen LogP contribution in [0.5, 0.6) is 0 Å². The molecule has 0 aliphatic rings. The first-order chi connectivity index (χ1) is 46.9. The quantitative estimate of drug-likeness (QED) is 0.121. The average Bonchev–Trinajstić information content (AvgIpc) is 1.58. The van der Waals surface area contributed by atoms with E-state index in [2.05, 4.69) is 349 Å². The van der Waals surface area contributed by atoms with E-state index in [0.717, 1.165) is 96.1 Å². The summed E-state index contributed by atoms with van der Waals surface area (Å²) in [5.74, 6) is 6.86. The zero-order valence-corrected chi connectivity index (χ0v) is 61.1. The van der Waals surface area contributed by atoms with Crippen LogP contribution in [0.2, 0.25) is 0 Å². The minimum atomic E-state index is 0.391. The van der Waals surface area contributed by atoms with E-state index in [1.54, 1.807) is 0 Å². The van der Waals surface area contributed by atoms with Crippen molar-refractivity contribution in [1.29, 1.82) is 0 Å². The number of hydrogen-bond acceptors (Lipinski definition) is 4. The van der Waals surface area contributed by atoms with Crippen molar-refractivity contribution in [2.45, 2.75) is 130 Å². The minimum Gasteiger partial charge on any atom is -0.455 e. The van der Waals surface area contributed by atoms with Crippen LogP contribution in [-0.2, 0) is 21.1 Å². The molecule has 0 saturated carbocycles. The highest BCUT2D eigenvalue weighted by Gasteiger charge is 2.36. The summed E-state index contributed by atoms with van der Waals surface area (Å²) in [5, 5.41) is 18.0. The van der Waals surface area contributed by atoms with Crippen molar-refractivity contribution >= 4 is 21.9 Å². The van der Waals surface area contributed by atoms with Crippen molar-refractivity contribution in [3.8, 4) is 85.4 Å². The Bertz CT molecular complexity index is 5240. The molecule has 10 aromatic carbocycles. The lowest BCUT2D eigenvalue weighted by Crippen LogP contribution is -2.32. The lowest BCUT2D eigenvalue weighted by molar-refractivity contribution is -0.649. The van der Waals surface area contributed by atoms with E-state index >= 15 is 0 Å². The highest BCUT2D eigenvalue weighted by atomic mass is 16.3. The third kappa shape index (κ3) is 12.9. The predicted octanol–water partition coefficient (Wildman–Crippen LogP) is 20.2. The van der Waals surface area contributed by atoms with Gasteiger partial charge >= 0.3 is 17.5 Å². The van der Waals surface area contributed by atoms with Gasteiger partial charge in [-0.1, -0.05) is 215 Å². The molecule has 0 saturated heterocycles. The summed E-state index contributed by atoms with van der Waals surface area (Å²) in [6, 6.07) is 69.2. The molecule has 4 aromatic heterocycles. The Kier molecular flexibility index (Phi) is 18.9. The highest BCUT2D eigenvalue weighted by molar-refractivity contribution is 6.09. The number of benzene rings is 10. The molecule has 98 heavy (non-hydrogen) atoms. The molecule has 0 radical (unpaired) electrons. The molecule has 0 amide bonds. The standard InChI is InChI=1S/C32H30N3O.C30H36N3.C26H28N3/c1-19-16-20(2)18-24(17-19)31-33-35(29-22(4)10-9-11-23(29)5)32(34(31)6)28-21(3)14-15-26-25-12-7-8-13-27(25)36-30(26)28;1-19(2)25-14-11-15-26(20(3)4)28(25)33-30(27-13-10-9-12-23(27)7)32(8)29(31-33)24-17-21(5)16-22(6)18-24;1-17-14-18(2)16-22(15-17)25-27-29(24-20(4)11-9-12-21(24)5)26(28(25)6)23-13-8-7-10-19(23)3/h7-18H,1-6H3;9-20H,1-8H3;7-16H,1-6H3/q3*+1. The summed E-state index contributed by atoms with van der Waals surface area (Å²) in [4.78, 5) is 0. The van der Waals surface area contributed by atoms with Gasteiger partial charge in [-0.2, -0.15) is 0 Å². The number of aromatic nitrogens is 9. The van der Waals surface area contributed by atoms with Crippen LogP contribution in [0, 0.1) is 90.0 Å². The molecule has 10 heteroatoms. The first-order valence-corrected chi connectivity index (χ1v) is 34.4. The summed E-state index contributed by atoms with van der Waals surface area (Å²) in [6.45, 7) is 37.0. The van der Waals surface area contributed by atoms with Crippen molar-refractivity contribution in [3.05, 3.63) is 278 Å². The molecular formula is C88H94N9O+3. The van der Waals surface area contributed by atoms with E-state index in [4.69, 9.17) is 19.7 Å². The first-order valence-electron chi connectivity index (χ1n) is 34.4. The van der Waals surface area contributed by atoms with Gasteiger partial charge in [0.05, 0.1) is 69.8 Å². The van der Waals surface area contributed by atoms with Crippen LogP contribution in [0.4, 0.5) is 0 Å². The van der Waals surface area contributed by atoms with Gasteiger partial charge in [0, 0.05) is 10.8 Å². The lowest BCUT2D eigenvalue weighted by Gasteiger charge is -2.17. The van der Waals surface area contributed by atoms with Crippen molar-refractivity contribution in [2.24, 2.45) is 21.1 Å². The maximum absolute atomic E-state index is 6.52. The van der Waals surface area contributed by atoms with Gasteiger partial charge in [0.2, 0.25) is 0 Å². The van der Waals surface area contributed by atoms with E-state index in [-0.39, 0.29) is 0 Å². The molecule has 14 rings (SSSR count). The van der Waals surface area contributed by atoms with E-state index < -0.39 is 0 Å². The third-order valence-corrected chi connectivity index (χ3v) is 19.1. The maximum atomic E-state index is 6.52. The molecule has 0 fully saturated rings. The molecule has 10 nitrogen and oxygen atoms in total. The largest absolute Gasteiger partial charge is 0.455 e. The SMILES string of the molecule is Cc1cc(C)cc(-c2nn(-c3c(C(C)C)cccc3C(C)C)c(-c3ccccc3C)[n+]2C)c1.Cc1cc(C)cc(-c2nn(-c3c(C)cccc3C)c(-c3c(C)ccc4c3oc3ccccc34)[n+]2C)c1.Cc1cc(C)cc(-c2nn(-c3c(C)cccc3C)c(-c3ccccc3C)[n+]2C)c1. The first kappa shape index (κ1) is 67.4. The smallest absolute Gasteiger partial charge is 0.309 e. The second-order valence-corrected chi connectivity index (χ2v) is 27.9. The number of rotatable bonds is 11. The summed E-state index contributed by atoms with van der Waals surface area (Å²) < 4.78 is 19.7. The molecule has 14 aromatic rings. The van der Waals surface area contributed by atoms with Gasteiger partial charge in [-0.15, -0.1) is 0 Å². The number of nitrogens with zero attached hydrogens (tertiary/aromatic N) is 9. The zero-order chi connectivity index (χ0) is 69.7. The maximum Gasteiger partial charge on any atom is 0.309 e. The van der Waals surface area contributed by atoms with E-state index in [9.17, 15) is 0 Å². The summed E-state index contributed by atoms with van der Waals surface area (Å²) in [6.07, 6.45) is 0. The minimum absolute atomic E-state index is 0.391. The molecule has 4 heterocycles. The van der Waals surface area contributed by atoms with Crippen molar-refractivity contribution in [3.63, 3.8) is 0 Å². The lowest BCUT2D eigenvalue weighted by atomic mass is 9.92. The second-order valence-electron chi connectivity index (χ2n) is 27.9. The topological polar surface area (TPSA) is 78.2 Å². The van der Waals surface area contributed by atoms with Gasteiger partial charge in [-0.3, -0.25) is 0 Å². The molecule has 0 bridgehead atoms. The fraction of sp³-hybridized carbons (Fsp3) is 0.250. The average molecular weight is 1290 g/mol. The van der Waals surface area contributed by atoms with E-state index in [0.29, 0.717) is 11.8 Å². The highest BCUT2D eigenvalue weighted by Crippen LogP contribution is 2.40. The molecular weight excluding hydrogens is 1200 g/mol. The number of furan rings is 1. The normalized spacial score (nSPS) is 11.4. The van der Waals surface area contributed by atoms with Gasteiger partial charge < -0.3 is 4.42 Å². The molecule has 0 spiro atoms. The van der Waals surface area contributed by atoms with Crippen LogP contribution in [0.3, 0.4) is 0 Å². The fourth-order valence-corrected chi connectivity index (χ4v) is 14.6. The predicted molar refractivity (Wildman–Crippen MR) is 404 cm³/mol.